The standard InChI is InChI=1S/C18H29N3/c1-14(19-2)15-6-8-17(9-7-15)21-12-10-18-16(13-21)5-4-11-20(18)3/h6-9,14,16,18-19H,4-5,10-13H2,1-3H3. The van der Waals surface area contributed by atoms with Crippen LogP contribution in [0.3, 0.4) is 0 Å². The number of nitrogens with one attached hydrogen (secondary N) is 1. The smallest absolute Gasteiger partial charge is 0.0366 e. The van der Waals surface area contributed by atoms with Gasteiger partial charge in [0.05, 0.1) is 0 Å². The first-order chi connectivity index (χ1) is 10.2. The first-order valence-electron chi connectivity index (χ1n) is 8.41. The van der Waals surface area contributed by atoms with E-state index in [0.717, 1.165) is 12.0 Å². The zero-order valence-electron chi connectivity index (χ0n) is 13.7. The molecule has 3 heteroatoms. The van der Waals surface area contributed by atoms with Crippen LogP contribution in [0.5, 0.6) is 0 Å². The molecule has 1 aromatic carbocycles. The van der Waals surface area contributed by atoms with Gasteiger partial charge in [0.1, 0.15) is 0 Å². The van der Waals surface area contributed by atoms with Crippen LogP contribution >= 0.6 is 0 Å². The second kappa shape index (κ2) is 6.37. The molecule has 0 spiro atoms. The van der Waals surface area contributed by atoms with Crippen LogP contribution in [0.1, 0.15) is 37.8 Å². The molecule has 0 bridgehead atoms. The molecule has 0 aliphatic carbocycles. The van der Waals surface area contributed by atoms with Gasteiger partial charge in [0.15, 0.2) is 0 Å². The first-order valence-corrected chi connectivity index (χ1v) is 8.41. The Bertz CT molecular complexity index is 456. The maximum Gasteiger partial charge on any atom is 0.0366 e. The Morgan fingerprint density at radius 3 is 2.62 bits per heavy atom. The normalized spacial score (nSPS) is 28.2. The summed E-state index contributed by atoms with van der Waals surface area (Å²) in [7, 11) is 4.32. The molecule has 0 aromatic heterocycles. The average molecular weight is 287 g/mol. The number of rotatable bonds is 3. The van der Waals surface area contributed by atoms with Crippen LogP contribution in [0, 0.1) is 5.92 Å². The van der Waals surface area contributed by atoms with Crippen LogP contribution in [0.15, 0.2) is 24.3 Å². The second-order valence-corrected chi connectivity index (χ2v) is 6.79. The van der Waals surface area contributed by atoms with Crippen LogP contribution in [0.4, 0.5) is 5.69 Å². The SMILES string of the molecule is CNC(C)c1ccc(N2CCC3C(CCCN3C)C2)cc1. The molecule has 2 aliphatic rings. The molecule has 2 saturated heterocycles. The molecule has 3 rings (SSSR count). The van der Waals surface area contributed by atoms with Crippen molar-refractivity contribution in [3.05, 3.63) is 29.8 Å². The van der Waals surface area contributed by atoms with Gasteiger partial charge in [-0.05, 0) is 70.4 Å². The zero-order valence-corrected chi connectivity index (χ0v) is 13.7. The Hall–Kier alpha value is -1.06. The first kappa shape index (κ1) is 14.9. The van der Waals surface area contributed by atoms with Crippen LogP contribution in [-0.4, -0.2) is 44.7 Å². The summed E-state index contributed by atoms with van der Waals surface area (Å²) < 4.78 is 0. The van der Waals surface area contributed by atoms with E-state index < -0.39 is 0 Å². The lowest BCUT2D eigenvalue weighted by Crippen LogP contribution is -2.52. The largest absolute Gasteiger partial charge is 0.371 e. The third-order valence-electron chi connectivity index (χ3n) is 5.54. The Morgan fingerprint density at radius 2 is 1.90 bits per heavy atom. The molecule has 1 aromatic rings. The minimum absolute atomic E-state index is 0.428. The van der Waals surface area contributed by atoms with Crippen molar-refractivity contribution in [3.63, 3.8) is 0 Å². The van der Waals surface area contributed by atoms with Gasteiger partial charge in [0.2, 0.25) is 0 Å². The predicted octanol–water partition coefficient (Wildman–Crippen LogP) is 2.89. The Kier molecular flexibility index (Phi) is 4.51. The van der Waals surface area contributed by atoms with Crippen molar-refractivity contribution in [2.45, 2.75) is 38.3 Å². The lowest BCUT2D eigenvalue weighted by Gasteiger charge is -2.46. The Labute approximate surface area is 129 Å². The predicted molar refractivity (Wildman–Crippen MR) is 89.9 cm³/mol. The monoisotopic (exact) mass is 287 g/mol. The topological polar surface area (TPSA) is 18.5 Å². The Morgan fingerprint density at radius 1 is 1.14 bits per heavy atom. The molecule has 3 unspecified atom stereocenters. The molecular formula is C18H29N3. The van der Waals surface area contributed by atoms with E-state index >= 15 is 0 Å². The lowest BCUT2D eigenvalue weighted by atomic mass is 9.84. The molecule has 0 radical (unpaired) electrons. The minimum atomic E-state index is 0.428. The van der Waals surface area contributed by atoms with Gasteiger partial charge < -0.3 is 15.1 Å². The number of anilines is 1. The van der Waals surface area contributed by atoms with Crippen molar-refractivity contribution in [1.82, 2.24) is 10.2 Å². The van der Waals surface area contributed by atoms with Crippen molar-refractivity contribution >= 4 is 5.69 Å². The van der Waals surface area contributed by atoms with E-state index in [2.05, 4.69) is 53.4 Å². The molecule has 0 amide bonds. The maximum absolute atomic E-state index is 3.30. The molecule has 3 nitrogen and oxygen atoms in total. The van der Waals surface area contributed by atoms with E-state index in [0.29, 0.717) is 6.04 Å². The number of hydrogen-bond acceptors (Lipinski definition) is 3. The highest BCUT2D eigenvalue weighted by atomic mass is 15.2. The van der Waals surface area contributed by atoms with Crippen LogP contribution in [0.25, 0.3) is 0 Å². The molecule has 1 N–H and O–H groups in total. The van der Waals surface area contributed by atoms with Crippen molar-refractivity contribution in [2.24, 2.45) is 5.92 Å². The number of hydrogen-bond donors (Lipinski definition) is 1. The highest BCUT2D eigenvalue weighted by Crippen LogP contribution is 2.32. The van der Waals surface area contributed by atoms with Crippen LogP contribution < -0.4 is 10.2 Å². The van der Waals surface area contributed by atoms with Crippen molar-refractivity contribution in [2.75, 3.05) is 38.6 Å². The summed E-state index contributed by atoms with van der Waals surface area (Å²) in [6.45, 7) is 5.93. The number of piperidine rings is 2. The number of nitrogens with zero attached hydrogens (tertiary/aromatic N) is 2. The lowest BCUT2D eigenvalue weighted by molar-refractivity contribution is 0.102. The van der Waals surface area contributed by atoms with Gasteiger partial charge in [-0.2, -0.15) is 0 Å². The van der Waals surface area contributed by atoms with Crippen molar-refractivity contribution in [3.8, 4) is 0 Å². The van der Waals surface area contributed by atoms with Gasteiger partial charge in [-0.25, -0.2) is 0 Å². The van der Waals surface area contributed by atoms with E-state index in [-0.39, 0.29) is 0 Å². The molecule has 116 valence electrons. The summed E-state index contributed by atoms with van der Waals surface area (Å²) >= 11 is 0. The van der Waals surface area contributed by atoms with E-state index in [1.54, 1.807) is 0 Å². The number of fused-ring (bicyclic) bond motifs is 1. The minimum Gasteiger partial charge on any atom is -0.371 e. The van der Waals surface area contributed by atoms with Gasteiger partial charge >= 0.3 is 0 Å². The molecule has 0 saturated carbocycles. The summed E-state index contributed by atoms with van der Waals surface area (Å²) in [5, 5.41) is 3.30. The molecular weight excluding hydrogens is 258 g/mol. The molecule has 2 heterocycles. The quantitative estimate of drug-likeness (QED) is 0.922. The fraction of sp³-hybridized carbons (Fsp3) is 0.667. The zero-order chi connectivity index (χ0) is 14.8. The fourth-order valence-corrected chi connectivity index (χ4v) is 4.03. The van der Waals surface area contributed by atoms with Crippen molar-refractivity contribution in [1.29, 1.82) is 0 Å². The van der Waals surface area contributed by atoms with Gasteiger partial charge in [0, 0.05) is 30.9 Å². The van der Waals surface area contributed by atoms with Crippen molar-refractivity contribution < 1.29 is 0 Å². The van der Waals surface area contributed by atoms with Gasteiger partial charge in [-0.15, -0.1) is 0 Å². The molecule has 21 heavy (non-hydrogen) atoms. The van der Waals surface area contributed by atoms with E-state index in [9.17, 15) is 0 Å². The second-order valence-electron chi connectivity index (χ2n) is 6.79. The summed E-state index contributed by atoms with van der Waals surface area (Å²) in [5.74, 6) is 0.855. The molecule has 2 aliphatic heterocycles. The third kappa shape index (κ3) is 3.09. The van der Waals surface area contributed by atoms with Crippen LogP contribution in [0.2, 0.25) is 0 Å². The highest BCUT2D eigenvalue weighted by molar-refractivity contribution is 5.48. The third-order valence-corrected chi connectivity index (χ3v) is 5.54. The van der Waals surface area contributed by atoms with E-state index in [4.69, 9.17) is 0 Å². The van der Waals surface area contributed by atoms with Gasteiger partial charge in [-0.1, -0.05) is 12.1 Å². The number of benzene rings is 1. The highest BCUT2D eigenvalue weighted by Gasteiger charge is 2.34. The maximum atomic E-state index is 3.30. The number of likely N-dealkylation sites (tertiary alicyclic amines) is 1. The summed E-state index contributed by atoms with van der Waals surface area (Å²) in [6, 6.07) is 10.4. The molecule has 3 atom stereocenters. The van der Waals surface area contributed by atoms with Gasteiger partial charge in [0.25, 0.3) is 0 Å². The van der Waals surface area contributed by atoms with E-state index in [1.165, 1.54) is 50.1 Å². The average Bonchev–Trinajstić information content (AvgIpc) is 2.54. The Balaban J connectivity index is 1.68. The summed E-state index contributed by atoms with van der Waals surface area (Å²) in [5.41, 5.74) is 2.77. The van der Waals surface area contributed by atoms with Crippen LogP contribution in [-0.2, 0) is 0 Å². The van der Waals surface area contributed by atoms with E-state index in [1.807, 2.05) is 7.05 Å². The molecule has 2 fully saturated rings. The van der Waals surface area contributed by atoms with Gasteiger partial charge in [-0.3, -0.25) is 0 Å². The summed E-state index contributed by atoms with van der Waals surface area (Å²) in [6.07, 6.45) is 4.08. The summed E-state index contributed by atoms with van der Waals surface area (Å²) in [4.78, 5) is 5.18. The fourth-order valence-electron chi connectivity index (χ4n) is 4.03.